The molecule has 0 amide bonds. The average Bonchev–Trinajstić information content (AvgIpc) is 3.06. The van der Waals surface area contributed by atoms with E-state index in [0.29, 0.717) is 5.92 Å². The molecule has 0 saturated carbocycles. The standard InChI is InChI=1S/C16H20N4O/c1-12(2)9-20-16(17-11-18-20)10-19-7-6-13-8-14(21-3)4-5-15(13)19/h4-8,11-12H,9-10H2,1-3H3. The van der Waals surface area contributed by atoms with Crippen molar-refractivity contribution >= 4 is 10.9 Å². The van der Waals surface area contributed by atoms with Crippen LogP contribution in [0.25, 0.3) is 10.9 Å². The van der Waals surface area contributed by atoms with Gasteiger partial charge in [-0.3, -0.25) is 0 Å². The minimum Gasteiger partial charge on any atom is -0.497 e. The van der Waals surface area contributed by atoms with E-state index in [1.165, 1.54) is 10.9 Å². The molecule has 2 heterocycles. The topological polar surface area (TPSA) is 44.9 Å². The Bertz CT molecular complexity index is 742. The van der Waals surface area contributed by atoms with Gasteiger partial charge in [0.15, 0.2) is 0 Å². The van der Waals surface area contributed by atoms with Crippen LogP contribution < -0.4 is 4.74 Å². The van der Waals surface area contributed by atoms with Crippen molar-refractivity contribution < 1.29 is 4.74 Å². The molecule has 5 nitrogen and oxygen atoms in total. The smallest absolute Gasteiger partial charge is 0.146 e. The summed E-state index contributed by atoms with van der Waals surface area (Å²) in [5, 5.41) is 5.49. The van der Waals surface area contributed by atoms with Gasteiger partial charge in [0.05, 0.1) is 13.7 Å². The largest absolute Gasteiger partial charge is 0.497 e. The highest BCUT2D eigenvalue weighted by Gasteiger charge is 2.09. The number of benzene rings is 1. The highest BCUT2D eigenvalue weighted by Crippen LogP contribution is 2.22. The van der Waals surface area contributed by atoms with Crippen LogP contribution in [0.15, 0.2) is 36.8 Å². The van der Waals surface area contributed by atoms with Gasteiger partial charge in [-0.05, 0) is 30.2 Å². The maximum atomic E-state index is 5.26. The van der Waals surface area contributed by atoms with E-state index in [-0.39, 0.29) is 0 Å². The van der Waals surface area contributed by atoms with Crippen LogP contribution in [0.2, 0.25) is 0 Å². The number of nitrogens with zero attached hydrogens (tertiary/aromatic N) is 4. The first-order valence-corrected chi connectivity index (χ1v) is 7.17. The van der Waals surface area contributed by atoms with Crippen molar-refractivity contribution in [3.63, 3.8) is 0 Å². The number of hydrogen-bond acceptors (Lipinski definition) is 3. The summed E-state index contributed by atoms with van der Waals surface area (Å²) in [7, 11) is 1.69. The second-order valence-electron chi connectivity index (χ2n) is 5.62. The van der Waals surface area contributed by atoms with Crippen LogP contribution >= 0.6 is 0 Å². The van der Waals surface area contributed by atoms with Gasteiger partial charge in [-0.25, -0.2) is 9.67 Å². The van der Waals surface area contributed by atoms with Gasteiger partial charge >= 0.3 is 0 Å². The van der Waals surface area contributed by atoms with Gasteiger partial charge in [-0.2, -0.15) is 5.10 Å². The lowest BCUT2D eigenvalue weighted by molar-refractivity contribution is 0.415. The maximum absolute atomic E-state index is 5.26. The molecule has 3 aromatic rings. The third-order valence-electron chi connectivity index (χ3n) is 3.52. The van der Waals surface area contributed by atoms with E-state index < -0.39 is 0 Å². The maximum Gasteiger partial charge on any atom is 0.146 e. The van der Waals surface area contributed by atoms with Gasteiger partial charge in [0, 0.05) is 23.6 Å². The Morgan fingerprint density at radius 3 is 2.86 bits per heavy atom. The van der Waals surface area contributed by atoms with Crippen molar-refractivity contribution in [1.82, 2.24) is 19.3 Å². The predicted molar refractivity (Wildman–Crippen MR) is 82.5 cm³/mol. The van der Waals surface area contributed by atoms with Gasteiger partial charge in [-0.15, -0.1) is 0 Å². The lowest BCUT2D eigenvalue weighted by Gasteiger charge is -2.10. The fourth-order valence-corrected chi connectivity index (χ4v) is 2.50. The first kappa shape index (κ1) is 13.7. The predicted octanol–water partition coefficient (Wildman–Crippen LogP) is 2.95. The number of fused-ring (bicyclic) bond motifs is 1. The van der Waals surface area contributed by atoms with Gasteiger partial charge < -0.3 is 9.30 Å². The SMILES string of the molecule is COc1ccc2c(ccn2Cc2ncnn2CC(C)C)c1. The lowest BCUT2D eigenvalue weighted by Crippen LogP contribution is -2.12. The van der Waals surface area contributed by atoms with Crippen molar-refractivity contribution in [2.45, 2.75) is 26.9 Å². The molecule has 0 spiro atoms. The van der Waals surface area contributed by atoms with Crippen molar-refractivity contribution in [3.05, 3.63) is 42.6 Å². The minimum atomic E-state index is 0.552. The molecular formula is C16H20N4O. The average molecular weight is 284 g/mol. The third-order valence-corrected chi connectivity index (χ3v) is 3.52. The highest BCUT2D eigenvalue weighted by molar-refractivity contribution is 5.81. The van der Waals surface area contributed by atoms with Crippen molar-refractivity contribution in [2.24, 2.45) is 5.92 Å². The summed E-state index contributed by atoms with van der Waals surface area (Å²) in [6.07, 6.45) is 3.71. The number of aromatic nitrogens is 4. The lowest BCUT2D eigenvalue weighted by atomic mass is 10.2. The Kier molecular flexibility index (Phi) is 3.64. The first-order valence-electron chi connectivity index (χ1n) is 7.17. The Morgan fingerprint density at radius 1 is 1.24 bits per heavy atom. The van der Waals surface area contributed by atoms with Gasteiger partial charge in [0.2, 0.25) is 0 Å². The summed E-state index contributed by atoms with van der Waals surface area (Å²) in [6.45, 7) is 5.98. The number of hydrogen-bond donors (Lipinski definition) is 0. The molecule has 0 fully saturated rings. The van der Waals surface area contributed by atoms with Gasteiger partial charge in [-0.1, -0.05) is 13.8 Å². The normalized spacial score (nSPS) is 11.4. The Labute approximate surface area is 124 Å². The molecule has 21 heavy (non-hydrogen) atoms. The molecule has 0 N–H and O–H groups in total. The van der Waals surface area contributed by atoms with E-state index in [4.69, 9.17) is 4.74 Å². The van der Waals surface area contributed by atoms with E-state index in [9.17, 15) is 0 Å². The Balaban J connectivity index is 1.90. The zero-order valence-corrected chi connectivity index (χ0v) is 12.7. The molecule has 0 aliphatic heterocycles. The van der Waals surface area contributed by atoms with Crippen LogP contribution in [0, 0.1) is 5.92 Å². The fourth-order valence-electron chi connectivity index (χ4n) is 2.50. The summed E-state index contributed by atoms with van der Waals surface area (Å²) in [5.41, 5.74) is 1.18. The molecule has 2 aromatic heterocycles. The fraction of sp³-hybridized carbons (Fsp3) is 0.375. The van der Waals surface area contributed by atoms with E-state index in [2.05, 4.69) is 46.8 Å². The molecule has 110 valence electrons. The molecule has 3 rings (SSSR count). The number of rotatable bonds is 5. The summed E-state index contributed by atoms with van der Waals surface area (Å²) in [5.74, 6) is 2.41. The summed E-state index contributed by atoms with van der Waals surface area (Å²) in [6, 6.07) is 8.21. The van der Waals surface area contributed by atoms with E-state index in [1.807, 2.05) is 16.8 Å². The summed E-state index contributed by atoms with van der Waals surface area (Å²) >= 11 is 0. The van der Waals surface area contributed by atoms with Crippen LogP contribution in [-0.4, -0.2) is 26.4 Å². The molecular weight excluding hydrogens is 264 g/mol. The highest BCUT2D eigenvalue weighted by atomic mass is 16.5. The molecule has 0 radical (unpaired) electrons. The van der Waals surface area contributed by atoms with E-state index in [0.717, 1.165) is 24.7 Å². The molecule has 0 bridgehead atoms. The Morgan fingerprint density at radius 2 is 2.10 bits per heavy atom. The van der Waals surface area contributed by atoms with Crippen LogP contribution in [0.3, 0.4) is 0 Å². The molecule has 0 atom stereocenters. The molecule has 0 saturated heterocycles. The second-order valence-corrected chi connectivity index (χ2v) is 5.62. The molecule has 1 aromatic carbocycles. The Hall–Kier alpha value is -2.30. The molecule has 0 aliphatic rings. The zero-order valence-electron chi connectivity index (χ0n) is 12.7. The van der Waals surface area contributed by atoms with Crippen LogP contribution in [-0.2, 0) is 13.1 Å². The molecule has 0 unspecified atom stereocenters. The summed E-state index contributed by atoms with van der Waals surface area (Å²) in [4.78, 5) is 4.39. The van der Waals surface area contributed by atoms with Crippen LogP contribution in [0.5, 0.6) is 5.75 Å². The van der Waals surface area contributed by atoms with E-state index in [1.54, 1.807) is 13.4 Å². The molecule has 5 heteroatoms. The number of methoxy groups -OCH3 is 1. The van der Waals surface area contributed by atoms with Crippen molar-refractivity contribution in [1.29, 1.82) is 0 Å². The quantitative estimate of drug-likeness (QED) is 0.723. The molecule has 0 aliphatic carbocycles. The second kappa shape index (κ2) is 5.60. The van der Waals surface area contributed by atoms with Crippen LogP contribution in [0.1, 0.15) is 19.7 Å². The van der Waals surface area contributed by atoms with E-state index >= 15 is 0 Å². The summed E-state index contributed by atoms with van der Waals surface area (Å²) < 4.78 is 9.44. The van der Waals surface area contributed by atoms with Gasteiger partial charge in [0.25, 0.3) is 0 Å². The first-order chi connectivity index (χ1) is 10.2. The minimum absolute atomic E-state index is 0.552. The number of ether oxygens (including phenoxy) is 1. The van der Waals surface area contributed by atoms with Gasteiger partial charge in [0.1, 0.15) is 17.9 Å². The van der Waals surface area contributed by atoms with Crippen LogP contribution in [0.4, 0.5) is 0 Å². The third kappa shape index (κ3) is 2.77. The van der Waals surface area contributed by atoms with Crippen molar-refractivity contribution in [3.8, 4) is 5.75 Å². The zero-order chi connectivity index (χ0) is 14.8. The monoisotopic (exact) mass is 284 g/mol. The van der Waals surface area contributed by atoms with Crippen molar-refractivity contribution in [2.75, 3.05) is 7.11 Å².